The molecule has 2 N–H and O–H groups in total. The van der Waals surface area contributed by atoms with Crippen molar-refractivity contribution in [1.82, 2.24) is 9.55 Å². The van der Waals surface area contributed by atoms with Crippen LogP contribution in [0.3, 0.4) is 0 Å². The topological polar surface area (TPSA) is 60.9 Å². The molecule has 1 aliphatic rings. The molecule has 76 valence electrons. The number of hydrogen-bond acceptors (Lipinski definition) is 4. The molecule has 1 aromatic heterocycles. The Balaban J connectivity index is 2.29. The van der Waals surface area contributed by atoms with Crippen LogP contribution in [0.1, 0.15) is 11.8 Å². The lowest BCUT2D eigenvalue weighted by Gasteiger charge is -2.11. The summed E-state index contributed by atoms with van der Waals surface area (Å²) >= 11 is 1.43. The van der Waals surface area contributed by atoms with E-state index in [9.17, 15) is 9.18 Å². The van der Waals surface area contributed by atoms with Crippen LogP contribution in [-0.2, 0) is 0 Å². The first-order valence-electron chi connectivity index (χ1n) is 4.27. The fourth-order valence-corrected chi connectivity index (χ4v) is 2.64. The molecule has 1 saturated heterocycles. The molecule has 0 spiro atoms. The Morgan fingerprint density at radius 3 is 3.07 bits per heavy atom. The number of thioether (sulfide) groups is 1. The second-order valence-electron chi connectivity index (χ2n) is 3.16. The van der Waals surface area contributed by atoms with Gasteiger partial charge >= 0.3 is 5.69 Å². The quantitative estimate of drug-likeness (QED) is 0.752. The molecule has 1 aromatic rings. The summed E-state index contributed by atoms with van der Waals surface area (Å²) in [4.78, 5) is 15.0. The summed E-state index contributed by atoms with van der Waals surface area (Å²) in [5, 5.41) is -0.134. The summed E-state index contributed by atoms with van der Waals surface area (Å²) in [5.74, 6) is 0.646. The zero-order valence-electron chi connectivity index (χ0n) is 7.39. The minimum atomic E-state index is -0.825. The van der Waals surface area contributed by atoms with E-state index in [0.29, 0.717) is 12.2 Å². The average Bonchev–Trinajstić information content (AvgIpc) is 2.51. The van der Waals surface area contributed by atoms with Gasteiger partial charge in [-0.2, -0.15) is 4.98 Å². The third-order valence-electron chi connectivity index (χ3n) is 2.09. The van der Waals surface area contributed by atoms with Crippen LogP contribution in [0.15, 0.2) is 17.1 Å². The van der Waals surface area contributed by atoms with Crippen LogP contribution in [0, 0.1) is 0 Å². The monoisotopic (exact) mass is 215 g/mol. The normalized spacial score (nSPS) is 26.6. The van der Waals surface area contributed by atoms with E-state index >= 15 is 0 Å². The molecule has 0 radical (unpaired) electrons. The molecule has 2 atom stereocenters. The van der Waals surface area contributed by atoms with Gasteiger partial charge < -0.3 is 5.73 Å². The van der Waals surface area contributed by atoms with Gasteiger partial charge in [-0.05, 0) is 6.07 Å². The Kier molecular flexibility index (Phi) is 2.45. The zero-order chi connectivity index (χ0) is 10.1. The second-order valence-corrected chi connectivity index (χ2v) is 4.37. The Hall–Kier alpha value is -1.04. The highest BCUT2D eigenvalue weighted by Gasteiger charge is 2.26. The molecule has 2 heterocycles. The lowest BCUT2D eigenvalue weighted by atomic mass is 10.3. The molecule has 0 aromatic carbocycles. The van der Waals surface area contributed by atoms with Crippen LogP contribution in [0.2, 0.25) is 0 Å². The van der Waals surface area contributed by atoms with Crippen molar-refractivity contribution in [2.75, 3.05) is 11.5 Å². The van der Waals surface area contributed by atoms with Gasteiger partial charge in [-0.15, -0.1) is 11.8 Å². The number of rotatable bonds is 1. The minimum Gasteiger partial charge on any atom is -0.383 e. The highest BCUT2D eigenvalue weighted by Crippen LogP contribution is 2.36. The number of aromatic nitrogens is 2. The van der Waals surface area contributed by atoms with Crippen molar-refractivity contribution in [3.8, 4) is 0 Å². The summed E-state index contributed by atoms with van der Waals surface area (Å²) in [6, 6.07) is 1.55. The Morgan fingerprint density at radius 1 is 1.71 bits per heavy atom. The van der Waals surface area contributed by atoms with Crippen LogP contribution in [0.5, 0.6) is 0 Å². The van der Waals surface area contributed by atoms with E-state index in [1.165, 1.54) is 16.3 Å². The fourth-order valence-electron chi connectivity index (χ4n) is 1.41. The van der Waals surface area contributed by atoms with E-state index in [4.69, 9.17) is 5.73 Å². The van der Waals surface area contributed by atoms with Gasteiger partial charge in [-0.1, -0.05) is 0 Å². The van der Waals surface area contributed by atoms with Crippen molar-refractivity contribution in [2.45, 2.75) is 18.0 Å². The zero-order valence-corrected chi connectivity index (χ0v) is 8.21. The van der Waals surface area contributed by atoms with Gasteiger partial charge in [0.2, 0.25) is 0 Å². The Bertz CT molecular complexity index is 394. The Labute approximate surface area is 84.3 Å². The van der Waals surface area contributed by atoms with Crippen LogP contribution in [-0.4, -0.2) is 21.5 Å². The second kappa shape index (κ2) is 3.61. The maximum Gasteiger partial charge on any atom is 0.350 e. The molecule has 14 heavy (non-hydrogen) atoms. The lowest BCUT2D eigenvalue weighted by molar-refractivity contribution is 0.342. The van der Waals surface area contributed by atoms with E-state index in [0.717, 1.165) is 0 Å². The van der Waals surface area contributed by atoms with E-state index in [2.05, 4.69) is 4.98 Å². The largest absolute Gasteiger partial charge is 0.383 e. The minimum absolute atomic E-state index is 0.134. The van der Waals surface area contributed by atoms with Crippen molar-refractivity contribution >= 4 is 17.6 Å². The summed E-state index contributed by atoms with van der Waals surface area (Å²) in [5.41, 5.74) is 4.94. The van der Waals surface area contributed by atoms with Gasteiger partial charge in [0.25, 0.3) is 0 Å². The van der Waals surface area contributed by atoms with E-state index in [1.807, 2.05) is 0 Å². The molecule has 0 bridgehead atoms. The van der Waals surface area contributed by atoms with Gasteiger partial charge in [-0.25, -0.2) is 9.18 Å². The summed E-state index contributed by atoms with van der Waals surface area (Å²) < 4.78 is 14.3. The maximum atomic E-state index is 12.9. The molecule has 0 saturated carbocycles. The molecular weight excluding hydrogens is 205 g/mol. The van der Waals surface area contributed by atoms with Crippen LogP contribution >= 0.6 is 11.8 Å². The number of nitrogens with two attached hydrogens (primary N) is 1. The van der Waals surface area contributed by atoms with Gasteiger partial charge in [0.05, 0.1) is 5.37 Å². The third-order valence-corrected chi connectivity index (χ3v) is 3.45. The average molecular weight is 215 g/mol. The fraction of sp³-hybridized carbons (Fsp3) is 0.500. The van der Waals surface area contributed by atoms with Crippen LogP contribution in [0.4, 0.5) is 10.2 Å². The number of nitrogens with zero attached hydrogens (tertiary/aromatic N) is 2. The first kappa shape index (κ1) is 9.51. The van der Waals surface area contributed by atoms with Crippen molar-refractivity contribution in [2.24, 2.45) is 0 Å². The SMILES string of the molecule is Nc1ccn(C2CC(F)CS2)c(=O)n1. The summed E-state index contributed by atoms with van der Waals surface area (Å²) in [7, 11) is 0. The standard InChI is InChI=1S/C8H10FN3OS/c9-5-3-7(14-4-5)12-2-1-6(10)11-8(12)13/h1-2,5,7H,3-4H2,(H2,10,11,13). The van der Waals surface area contributed by atoms with Crippen molar-refractivity contribution in [3.05, 3.63) is 22.7 Å². The van der Waals surface area contributed by atoms with Crippen molar-refractivity contribution < 1.29 is 4.39 Å². The third kappa shape index (κ3) is 1.75. The Morgan fingerprint density at radius 2 is 2.50 bits per heavy atom. The lowest BCUT2D eigenvalue weighted by Crippen LogP contribution is -2.25. The number of halogens is 1. The predicted molar refractivity (Wildman–Crippen MR) is 53.9 cm³/mol. The first-order valence-corrected chi connectivity index (χ1v) is 5.32. The molecule has 1 aliphatic heterocycles. The van der Waals surface area contributed by atoms with E-state index in [-0.39, 0.29) is 11.2 Å². The highest BCUT2D eigenvalue weighted by molar-refractivity contribution is 7.99. The van der Waals surface area contributed by atoms with Crippen LogP contribution < -0.4 is 11.4 Å². The molecular formula is C8H10FN3OS. The number of nitrogen functional groups attached to an aromatic ring is 1. The van der Waals surface area contributed by atoms with E-state index < -0.39 is 11.9 Å². The molecule has 0 aliphatic carbocycles. The van der Waals surface area contributed by atoms with Crippen LogP contribution in [0.25, 0.3) is 0 Å². The van der Waals surface area contributed by atoms with Gasteiger partial charge in [-0.3, -0.25) is 4.57 Å². The van der Waals surface area contributed by atoms with Gasteiger partial charge in [0.1, 0.15) is 12.0 Å². The maximum absolute atomic E-state index is 12.9. The predicted octanol–water partition coefficient (Wildman–Crippen LogP) is 0.799. The smallest absolute Gasteiger partial charge is 0.350 e. The summed E-state index contributed by atoms with van der Waals surface area (Å²) in [6.07, 6.45) is 1.12. The van der Waals surface area contributed by atoms with E-state index in [1.54, 1.807) is 12.3 Å². The number of hydrogen-bond donors (Lipinski definition) is 1. The molecule has 4 nitrogen and oxygen atoms in total. The van der Waals surface area contributed by atoms with Crippen molar-refractivity contribution in [3.63, 3.8) is 0 Å². The van der Waals surface area contributed by atoms with Gasteiger partial charge in [0, 0.05) is 18.4 Å². The molecule has 2 rings (SSSR count). The number of alkyl halides is 1. The highest BCUT2D eigenvalue weighted by atomic mass is 32.2. The molecule has 2 unspecified atom stereocenters. The van der Waals surface area contributed by atoms with Gasteiger partial charge in [0.15, 0.2) is 0 Å². The number of anilines is 1. The summed E-state index contributed by atoms with van der Waals surface area (Å²) in [6.45, 7) is 0. The molecule has 0 amide bonds. The first-order chi connectivity index (χ1) is 6.66. The molecule has 1 fully saturated rings. The molecule has 6 heteroatoms. The van der Waals surface area contributed by atoms with Crippen molar-refractivity contribution in [1.29, 1.82) is 0 Å².